The van der Waals surface area contributed by atoms with Gasteiger partial charge in [-0.15, -0.1) is 11.3 Å². The fourth-order valence-corrected chi connectivity index (χ4v) is 4.90. The molecule has 2 amide bonds. The highest BCUT2D eigenvalue weighted by Crippen LogP contribution is 2.33. The minimum atomic E-state index is -0.255. The van der Waals surface area contributed by atoms with Gasteiger partial charge in [-0.3, -0.25) is 4.79 Å². The summed E-state index contributed by atoms with van der Waals surface area (Å²) in [6.45, 7) is 9.26. The van der Waals surface area contributed by atoms with Crippen LogP contribution in [-0.4, -0.2) is 54.6 Å². The van der Waals surface area contributed by atoms with Crippen molar-refractivity contribution in [2.45, 2.75) is 46.5 Å². The molecule has 1 fully saturated rings. The van der Waals surface area contributed by atoms with E-state index in [0.717, 1.165) is 24.8 Å². The van der Waals surface area contributed by atoms with Gasteiger partial charge in [0, 0.05) is 36.4 Å². The lowest BCUT2D eigenvalue weighted by atomic mass is 9.88. The van der Waals surface area contributed by atoms with E-state index in [9.17, 15) is 9.59 Å². The zero-order chi connectivity index (χ0) is 18.7. The van der Waals surface area contributed by atoms with Crippen molar-refractivity contribution in [1.29, 1.82) is 0 Å². The van der Waals surface area contributed by atoms with Crippen LogP contribution in [0.4, 0.5) is 4.79 Å². The van der Waals surface area contributed by atoms with E-state index < -0.39 is 0 Å². The smallest absolute Gasteiger partial charge is 0.409 e. The van der Waals surface area contributed by atoms with Gasteiger partial charge in [-0.05, 0) is 43.1 Å². The molecule has 1 unspecified atom stereocenters. The summed E-state index contributed by atoms with van der Waals surface area (Å²) in [5.41, 5.74) is 2.17. The summed E-state index contributed by atoms with van der Waals surface area (Å²) in [6, 6.07) is 0. The van der Waals surface area contributed by atoms with Crippen molar-refractivity contribution in [3.8, 4) is 0 Å². The summed E-state index contributed by atoms with van der Waals surface area (Å²) in [7, 11) is 0. The molecule has 0 radical (unpaired) electrons. The number of amides is 2. The van der Waals surface area contributed by atoms with Crippen LogP contribution >= 0.6 is 11.3 Å². The second-order valence-corrected chi connectivity index (χ2v) is 8.97. The first-order chi connectivity index (χ1) is 12.5. The highest BCUT2D eigenvalue weighted by molar-refractivity contribution is 7.10. The Morgan fingerprint density at radius 1 is 1.23 bits per heavy atom. The number of carbonyl (C=O) groups excluding carboxylic acids is 2. The molecule has 6 heteroatoms. The third-order valence-corrected chi connectivity index (χ3v) is 6.26. The zero-order valence-corrected chi connectivity index (χ0v) is 16.9. The molecule has 0 bridgehead atoms. The van der Waals surface area contributed by atoms with Gasteiger partial charge in [0.15, 0.2) is 0 Å². The van der Waals surface area contributed by atoms with E-state index in [-0.39, 0.29) is 12.0 Å². The number of carbonyl (C=O) groups is 2. The molecule has 0 N–H and O–H groups in total. The van der Waals surface area contributed by atoms with Gasteiger partial charge in [-0.2, -0.15) is 0 Å². The normalized spacial score (nSPS) is 20.7. The molecule has 0 spiro atoms. The summed E-state index contributed by atoms with van der Waals surface area (Å²) < 4.78 is 5.34. The molecule has 2 aliphatic rings. The van der Waals surface area contributed by atoms with Crippen molar-refractivity contribution in [2.75, 3.05) is 32.8 Å². The predicted molar refractivity (Wildman–Crippen MR) is 104 cm³/mol. The quantitative estimate of drug-likeness (QED) is 0.803. The van der Waals surface area contributed by atoms with E-state index in [4.69, 9.17) is 4.74 Å². The Balaban J connectivity index is 1.61. The van der Waals surface area contributed by atoms with Crippen molar-refractivity contribution in [3.05, 3.63) is 21.4 Å². The maximum absolute atomic E-state index is 13.1. The monoisotopic (exact) mass is 378 g/mol. The Morgan fingerprint density at radius 3 is 2.73 bits per heavy atom. The molecule has 1 aromatic heterocycles. The predicted octanol–water partition coefficient (Wildman–Crippen LogP) is 3.81. The maximum Gasteiger partial charge on any atom is 0.409 e. The third-order valence-electron chi connectivity index (χ3n) is 5.21. The molecule has 0 saturated carbocycles. The topological polar surface area (TPSA) is 49.9 Å². The molecular formula is C20H30N2O3S. The number of hydrogen-bond acceptors (Lipinski definition) is 4. The number of hydrogen-bond donors (Lipinski definition) is 0. The summed E-state index contributed by atoms with van der Waals surface area (Å²) >= 11 is 1.74. The second-order valence-electron chi connectivity index (χ2n) is 8.00. The summed E-state index contributed by atoms with van der Waals surface area (Å²) in [5.74, 6) is 1.18. The average molecular weight is 379 g/mol. The lowest BCUT2D eigenvalue weighted by Crippen LogP contribution is -2.38. The van der Waals surface area contributed by atoms with Crippen LogP contribution in [0.15, 0.2) is 5.38 Å². The number of fused-ring (bicyclic) bond motifs is 1. The van der Waals surface area contributed by atoms with Crippen molar-refractivity contribution in [2.24, 2.45) is 11.8 Å². The van der Waals surface area contributed by atoms with Crippen LogP contribution in [0.5, 0.6) is 0 Å². The molecular weight excluding hydrogens is 348 g/mol. The van der Waals surface area contributed by atoms with Gasteiger partial charge in [-0.25, -0.2) is 4.79 Å². The minimum absolute atomic E-state index is 0.134. The largest absolute Gasteiger partial charge is 0.449 e. The standard InChI is InChI=1S/C20H30N2O3S/c1-14(2)12-25-20(24)22-8-4-7-21(9-10-22)19(23)17-13-26-18-11-15(3)5-6-16(17)18/h13-15H,4-12H2,1-3H3. The molecule has 1 atom stereocenters. The first-order valence-electron chi connectivity index (χ1n) is 9.76. The fourth-order valence-electron chi connectivity index (χ4n) is 3.66. The second kappa shape index (κ2) is 8.42. The number of thiophene rings is 1. The molecule has 2 heterocycles. The number of nitrogens with zero attached hydrogens (tertiary/aromatic N) is 2. The van der Waals surface area contributed by atoms with Crippen molar-refractivity contribution in [1.82, 2.24) is 9.80 Å². The Bertz CT molecular complexity index is 655. The van der Waals surface area contributed by atoms with Gasteiger partial charge in [0.05, 0.1) is 12.2 Å². The molecule has 1 aromatic rings. The van der Waals surface area contributed by atoms with Crippen LogP contribution in [0, 0.1) is 11.8 Å². The van der Waals surface area contributed by atoms with Crippen molar-refractivity contribution in [3.63, 3.8) is 0 Å². The lowest BCUT2D eigenvalue weighted by Gasteiger charge is -2.23. The van der Waals surface area contributed by atoms with Crippen LogP contribution in [-0.2, 0) is 17.6 Å². The van der Waals surface area contributed by atoms with E-state index in [1.807, 2.05) is 24.1 Å². The maximum atomic E-state index is 13.1. The first kappa shape index (κ1) is 19.2. The highest BCUT2D eigenvalue weighted by atomic mass is 32.1. The molecule has 1 saturated heterocycles. The van der Waals surface area contributed by atoms with E-state index in [1.54, 1.807) is 16.2 Å². The van der Waals surface area contributed by atoms with Gasteiger partial charge in [0.25, 0.3) is 5.91 Å². The van der Waals surface area contributed by atoms with Crippen molar-refractivity contribution >= 4 is 23.3 Å². The van der Waals surface area contributed by atoms with Crippen LogP contribution in [0.1, 0.15) is 54.4 Å². The molecule has 0 aromatic carbocycles. The molecule has 3 rings (SSSR count). The van der Waals surface area contributed by atoms with Gasteiger partial charge < -0.3 is 14.5 Å². The highest BCUT2D eigenvalue weighted by Gasteiger charge is 2.28. The average Bonchev–Trinajstić information content (AvgIpc) is 2.86. The SMILES string of the molecule is CC(C)COC(=O)N1CCCN(C(=O)c2csc3c2CCC(C)C3)CC1. The van der Waals surface area contributed by atoms with Crippen LogP contribution in [0.2, 0.25) is 0 Å². The van der Waals surface area contributed by atoms with E-state index in [1.165, 1.54) is 16.9 Å². The van der Waals surface area contributed by atoms with Gasteiger partial charge in [-0.1, -0.05) is 20.8 Å². The Hall–Kier alpha value is -1.56. The Morgan fingerprint density at radius 2 is 1.96 bits per heavy atom. The summed E-state index contributed by atoms with van der Waals surface area (Å²) in [6.07, 6.45) is 3.83. The summed E-state index contributed by atoms with van der Waals surface area (Å²) in [5, 5.41) is 2.05. The molecule has 144 valence electrons. The van der Waals surface area contributed by atoms with Crippen LogP contribution < -0.4 is 0 Å². The van der Waals surface area contributed by atoms with Crippen molar-refractivity contribution < 1.29 is 14.3 Å². The Labute approximate surface area is 160 Å². The minimum Gasteiger partial charge on any atom is -0.449 e. The van der Waals surface area contributed by atoms with E-state index in [2.05, 4.69) is 6.92 Å². The fraction of sp³-hybridized carbons (Fsp3) is 0.700. The third kappa shape index (κ3) is 4.40. The van der Waals surface area contributed by atoms with E-state index >= 15 is 0 Å². The molecule has 1 aliphatic heterocycles. The first-order valence-corrected chi connectivity index (χ1v) is 10.6. The number of rotatable bonds is 3. The van der Waals surface area contributed by atoms with Gasteiger partial charge in [0.1, 0.15) is 0 Å². The van der Waals surface area contributed by atoms with Gasteiger partial charge >= 0.3 is 6.09 Å². The molecule has 1 aliphatic carbocycles. The van der Waals surface area contributed by atoms with Crippen LogP contribution in [0.25, 0.3) is 0 Å². The zero-order valence-electron chi connectivity index (χ0n) is 16.1. The van der Waals surface area contributed by atoms with Crippen LogP contribution in [0.3, 0.4) is 0 Å². The van der Waals surface area contributed by atoms with E-state index in [0.29, 0.717) is 44.6 Å². The molecule has 26 heavy (non-hydrogen) atoms. The number of ether oxygens (including phenoxy) is 1. The Kier molecular flexibility index (Phi) is 6.22. The molecule has 5 nitrogen and oxygen atoms in total. The lowest BCUT2D eigenvalue weighted by molar-refractivity contribution is 0.0745. The summed E-state index contributed by atoms with van der Waals surface area (Å²) in [4.78, 5) is 30.3. The van der Waals surface area contributed by atoms with Gasteiger partial charge in [0.2, 0.25) is 0 Å².